The van der Waals surface area contributed by atoms with Gasteiger partial charge in [-0.3, -0.25) is 4.79 Å². The first kappa shape index (κ1) is 13.6. The predicted octanol–water partition coefficient (Wildman–Crippen LogP) is 4.61. The molecule has 1 N–H and O–H groups in total. The van der Waals surface area contributed by atoms with Crippen LogP contribution in [0.2, 0.25) is 0 Å². The van der Waals surface area contributed by atoms with Gasteiger partial charge in [0.15, 0.2) is 5.76 Å². The number of carbonyl (C=O) groups is 1. The van der Waals surface area contributed by atoms with Crippen LogP contribution in [0.25, 0.3) is 28.0 Å². The Hall–Kier alpha value is -3.07. The van der Waals surface area contributed by atoms with Crippen LogP contribution in [0.4, 0.5) is 0 Å². The van der Waals surface area contributed by atoms with E-state index in [-0.39, 0.29) is 11.5 Å². The largest absolute Gasteiger partial charge is 0.504 e. The number of hydrogen-bond donors (Lipinski definition) is 1. The molecule has 112 valence electrons. The molecular formula is C20H14O3. The number of carbonyl (C=O) groups excluding carboxylic acids is 1. The van der Waals surface area contributed by atoms with Gasteiger partial charge in [-0.25, -0.2) is 0 Å². The second kappa shape index (κ2) is 4.99. The van der Waals surface area contributed by atoms with Gasteiger partial charge in [-0.15, -0.1) is 0 Å². The summed E-state index contributed by atoms with van der Waals surface area (Å²) >= 11 is 0. The fourth-order valence-corrected chi connectivity index (χ4v) is 3.11. The van der Waals surface area contributed by atoms with Gasteiger partial charge in [0.05, 0.1) is 7.11 Å². The summed E-state index contributed by atoms with van der Waals surface area (Å²) in [7, 11) is 1.63. The Morgan fingerprint density at radius 1 is 0.913 bits per heavy atom. The van der Waals surface area contributed by atoms with Crippen molar-refractivity contribution in [2.24, 2.45) is 0 Å². The lowest BCUT2D eigenvalue weighted by Gasteiger charge is -2.17. The normalized spacial score (nSPS) is 13.1. The molecule has 3 aromatic carbocycles. The molecule has 0 fully saturated rings. The van der Waals surface area contributed by atoms with Crippen molar-refractivity contribution in [1.29, 1.82) is 0 Å². The van der Waals surface area contributed by atoms with E-state index >= 15 is 0 Å². The first-order chi connectivity index (χ1) is 11.2. The molecule has 0 radical (unpaired) electrons. The van der Waals surface area contributed by atoms with Crippen molar-refractivity contribution in [2.45, 2.75) is 0 Å². The van der Waals surface area contributed by atoms with Crippen LogP contribution in [-0.4, -0.2) is 18.0 Å². The fraction of sp³-hybridized carbons (Fsp3) is 0.0500. The minimum atomic E-state index is -0.324. The smallest absolute Gasteiger partial charge is 0.227 e. The van der Waals surface area contributed by atoms with Gasteiger partial charge in [-0.05, 0) is 40.3 Å². The maximum absolute atomic E-state index is 12.2. The topological polar surface area (TPSA) is 46.5 Å². The van der Waals surface area contributed by atoms with Crippen molar-refractivity contribution in [3.05, 3.63) is 71.5 Å². The minimum Gasteiger partial charge on any atom is -0.504 e. The summed E-state index contributed by atoms with van der Waals surface area (Å²) in [6, 6.07) is 17.3. The fourth-order valence-electron chi connectivity index (χ4n) is 3.11. The van der Waals surface area contributed by atoms with Crippen molar-refractivity contribution >= 4 is 22.6 Å². The Bertz CT molecular complexity index is 966. The van der Waals surface area contributed by atoms with E-state index in [1.54, 1.807) is 19.3 Å². The van der Waals surface area contributed by atoms with E-state index in [0.717, 1.165) is 33.2 Å². The average molecular weight is 302 g/mol. The standard InChI is InChI=1S/C20H14O3/c1-23-14-8-5-12(6-9-14)15-10-7-13-3-2-4-16-19(13)17(15)11-18(21)20(16)22/h2-11,21H,1H3. The van der Waals surface area contributed by atoms with Crippen molar-refractivity contribution in [3.8, 4) is 16.9 Å². The van der Waals surface area contributed by atoms with Crippen molar-refractivity contribution in [3.63, 3.8) is 0 Å². The number of benzene rings is 3. The van der Waals surface area contributed by atoms with E-state index in [4.69, 9.17) is 4.74 Å². The molecule has 0 spiro atoms. The maximum Gasteiger partial charge on any atom is 0.227 e. The third kappa shape index (κ3) is 2.01. The average Bonchev–Trinajstić information content (AvgIpc) is 2.60. The van der Waals surface area contributed by atoms with Crippen LogP contribution in [0.15, 0.2) is 60.4 Å². The lowest BCUT2D eigenvalue weighted by molar-refractivity contribution is 0.0981. The Balaban J connectivity index is 2.03. The Morgan fingerprint density at radius 3 is 2.43 bits per heavy atom. The monoisotopic (exact) mass is 302 g/mol. The molecule has 3 heteroatoms. The van der Waals surface area contributed by atoms with Crippen LogP contribution < -0.4 is 4.74 Å². The molecule has 0 bridgehead atoms. The second-order valence-corrected chi connectivity index (χ2v) is 5.52. The van der Waals surface area contributed by atoms with E-state index in [9.17, 15) is 9.90 Å². The summed E-state index contributed by atoms with van der Waals surface area (Å²) in [5, 5.41) is 11.9. The van der Waals surface area contributed by atoms with E-state index in [2.05, 4.69) is 0 Å². The zero-order valence-electron chi connectivity index (χ0n) is 12.5. The van der Waals surface area contributed by atoms with Crippen LogP contribution in [0.3, 0.4) is 0 Å². The Labute approximate surface area is 133 Å². The van der Waals surface area contributed by atoms with Gasteiger partial charge in [0, 0.05) is 10.9 Å². The highest BCUT2D eigenvalue weighted by Gasteiger charge is 2.23. The molecule has 0 saturated heterocycles. The summed E-state index contributed by atoms with van der Waals surface area (Å²) in [5.74, 6) is 0.249. The molecule has 0 saturated carbocycles. The van der Waals surface area contributed by atoms with E-state index in [0.29, 0.717) is 5.56 Å². The number of aliphatic hydroxyl groups excluding tert-OH is 1. The molecule has 0 atom stereocenters. The third-order valence-corrected chi connectivity index (χ3v) is 4.25. The highest BCUT2D eigenvalue weighted by atomic mass is 16.5. The molecule has 1 aliphatic carbocycles. The van der Waals surface area contributed by atoms with Gasteiger partial charge in [0.25, 0.3) is 0 Å². The quantitative estimate of drug-likeness (QED) is 0.752. The number of hydrogen-bond acceptors (Lipinski definition) is 3. The molecule has 23 heavy (non-hydrogen) atoms. The van der Waals surface area contributed by atoms with Crippen LogP contribution in [0, 0.1) is 0 Å². The van der Waals surface area contributed by atoms with Crippen molar-refractivity contribution in [2.75, 3.05) is 7.11 Å². The number of ketones is 1. The van der Waals surface area contributed by atoms with Crippen LogP contribution in [-0.2, 0) is 0 Å². The van der Waals surface area contributed by atoms with Crippen molar-refractivity contribution in [1.82, 2.24) is 0 Å². The summed E-state index contributed by atoms with van der Waals surface area (Å²) in [5.41, 5.74) is 3.41. The molecule has 0 aromatic heterocycles. The second-order valence-electron chi connectivity index (χ2n) is 5.52. The first-order valence-electron chi connectivity index (χ1n) is 7.34. The van der Waals surface area contributed by atoms with Crippen LogP contribution in [0.5, 0.6) is 5.75 Å². The zero-order chi connectivity index (χ0) is 16.0. The van der Waals surface area contributed by atoms with Gasteiger partial charge in [0.2, 0.25) is 5.78 Å². The number of allylic oxidation sites excluding steroid dienone is 1. The molecular weight excluding hydrogens is 288 g/mol. The van der Waals surface area contributed by atoms with Crippen LogP contribution in [0.1, 0.15) is 15.9 Å². The highest BCUT2D eigenvalue weighted by molar-refractivity contribution is 6.22. The van der Waals surface area contributed by atoms with E-state index in [1.807, 2.05) is 48.5 Å². The van der Waals surface area contributed by atoms with Gasteiger partial charge in [-0.2, -0.15) is 0 Å². The summed E-state index contributed by atoms with van der Waals surface area (Å²) in [6.45, 7) is 0. The third-order valence-electron chi connectivity index (χ3n) is 4.25. The molecule has 3 aromatic rings. The number of rotatable bonds is 2. The zero-order valence-corrected chi connectivity index (χ0v) is 12.5. The predicted molar refractivity (Wildman–Crippen MR) is 90.9 cm³/mol. The number of ether oxygens (including phenoxy) is 1. The minimum absolute atomic E-state index is 0.217. The molecule has 0 amide bonds. The molecule has 4 rings (SSSR count). The van der Waals surface area contributed by atoms with Gasteiger partial charge >= 0.3 is 0 Å². The number of aliphatic hydroxyl groups is 1. The van der Waals surface area contributed by atoms with Gasteiger partial charge in [0.1, 0.15) is 5.75 Å². The van der Waals surface area contributed by atoms with Crippen LogP contribution >= 0.6 is 0 Å². The Kier molecular flexibility index (Phi) is 2.95. The molecule has 1 aliphatic rings. The number of Topliss-reactive ketones (excluding diaryl/α,β-unsaturated/α-hetero) is 1. The van der Waals surface area contributed by atoms with Crippen molar-refractivity contribution < 1.29 is 14.6 Å². The lowest BCUT2D eigenvalue weighted by atomic mass is 9.86. The molecule has 0 unspecified atom stereocenters. The number of methoxy groups -OCH3 is 1. The Morgan fingerprint density at radius 2 is 1.70 bits per heavy atom. The van der Waals surface area contributed by atoms with Gasteiger partial charge < -0.3 is 9.84 Å². The van der Waals surface area contributed by atoms with E-state index in [1.165, 1.54) is 0 Å². The maximum atomic E-state index is 12.2. The molecule has 0 heterocycles. The lowest BCUT2D eigenvalue weighted by Crippen LogP contribution is -2.09. The molecule has 0 aliphatic heterocycles. The highest BCUT2D eigenvalue weighted by Crippen LogP contribution is 2.37. The summed E-state index contributed by atoms with van der Waals surface area (Å²) in [4.78, 5) is 12.2. The van der Waals surface area contributed by atoms with Gasteiger partial charge in [-0.1, -0.05) is 42.5 Å². The summed E-state index contributed by atoms with van der Waals surface area (Å²) in [6.07, 6.45) is 1.57. The summed E-state index contributed by atoms with van der Waals surface area (Å²) < 4.78 is 5.20. The SMILES string of the molecule is COc1ccc(-c2ccc3cccc4c3c2C=C(O)C4=O)cc1. The molecule has 3 nitrogen and oxygen atoms in total. The van der Waals surface area contributed by atoms with E-state index < -0.39 is 0 Å². The first-order valence-corrected chi connectivity index (χ1v) is 7.34.